The molecule has 12 heavy (non-hydrogen) atoms. The average molecular weight is 162 g/mol. The van der Waals surface area contributed by atoms with Crippen LogP contribution in [0.3, 0.4) is 0 Å². The van der Waals surface area contributed by atoms with Gasteiger partial charge in [-0.25, -0.2) is 5.10 Å². The van der Waals surface area contributed by atoms with Crippen LogP contribution in [0.25, 0.3) is 10.9 Å². The van der Waals surface area contributed by atoms with Gasteiger partial charge in [-0.1, -0.05) is 11.3 Å². The molecule has 0 aliphatic heterocycles. The van der Waals surface area contributed by atoms with Crippen molar-refractivity contribution in [2.24, 2.45) is 0 Å². The SMILES string of the molecule is Nc1cccc2nn[nH]c(=O)c12. The summed E-state index contributed by atoms with van der Waals surface area (Å²) in [7, 11) is 0. The third kappa shape index (κ3) is 0.833. The van der Waals surface area contributed by atoms with Crippen LogP contribution in [0.1, 0.15) is 0 Å². The molecule has 0 aliphatic rings. The monoisotopic (exact) mass is 162 g/mol. The van der Waals surface area contributed by atoms with Crippen LogP contribution in [0.5, 0.6) is 0 Å². The lowest BCUT2D eigenvalue weighted by Crippen LogP contribution is -2.11. The quantitative estimate of drug-likeness (QED) is 0.530. The molecule has 2 rings (SSSR count). The lowest BCUT2D eigenvalue weighted by Gasteiger charge is -1.96. The van der Waals surface area contributed by atoms with Gasteiger partial charge >= 0.3 is 0 Å². The molecule has 0 aliphatic carbocycles. The molecule has 0 radical (unpaired) electrons. The number of nitrogens with one attached hydrogen (secondary N) is 1. The molecule has 0 saturated carbocycles. The second-order valence-corrected chi connectivity index (χ2v) is 2.38. The van der Waals surface area contributed by atoms with Crippen molar-refractivity contribution in [3.8, 4) is 0 Å². The summed E-state index contributed by atoms with van der Waals surface area (Å²) in [6, 6.07) is 5.07. The Morgan fingerprint density at radius 2 is 2.25 bits per heavy atom. The van der Waals surface area contributed by atoms with Crippen LogP contribution in [-0.4, -0.2) is 15.4 Å². The van der Waals surface area contributed by atoms with E-state index in [1.54, 1.807) is 18.2 Å². The molecule has 0 amide bonds. The van der Waals surface area contributed by atoms with Gasteiger partial charge in [0.25, 0.3) is 5.56 Å². The van der Waals surface area contributed by atoms with Crippen molar-refractivity contribution in [2.75, 3.05) is 5.73 Å². The molecule has 0 saturated heterocycles. The first-order chi connectivity index (χ1) is 5.79. The molecule has 0 atom stereocenters. The smallest absolute Gasteiger partial charge is 0.277 e. The van der Waals surface area contributed by atoms with E-state index in [-0.39, 0.29) is 5.56 Å². The number of nitrogen functional groups attached to an aromatic ring is 1. The number of nitrogens with zero attached hydrogens (tertiary/aromatic N) is 2. The molecular weight excluding hydrogens is 156 g/mol. The van der Waals surface area contributed by atoms with Gasteiger partial charge in [-0.15, -0.1) is 5.10 Å². The van der Waals surface area contributed by atoms with Crippen LogP contribution >= 0.6 is 0 Å². The zero-order chi connectivity index (χ0) is 8.55. The Labute approximate surface area is 67.2 Å². The predicted molar refractivity (Wildman–Crippen MR) is 44.6 cm³/mol. The summed E-state index contributed by atoms with van der Waals surface area (Å²) >= 11 is 0. The molecule has 2 aromatic rings. The molecule has 1 aromatic carbocycles. The number of nitrogens with two attached hydrogens (primary N) is 1. The molecule has 0 unspecified atom stereocenters. The number of H-pyrrole nitrogens is 1. The van der Waals surface area contributed by atoms with E-state index in [9.17, 15) is 4.79 Å². The number of hydrogen-bond acceptors (Lipinski definition) is 4. The van der Waals surface area contributed by atoms with Gasteiger partial charge in [0.1, 0.15) is 5.52 Å². The number of benzene rings is 1. The number of aromatic nitrogens is 3. The van der Waals surface area contributed by atoms with E-state index in [0.29, 0.717) is 16.6 Å². The highest BCUT2D eigenvalue weighted by Crippen LogP contribution is 2.12. The van der Waals surface area contributed by atoms with Gasteiger partial charge in [-0.2, -0.15) is 0 Å². The lowest BCUT2D eigenvalue weighted by molar-refractivity contribution is 0.873. The highest BCUT2D eigenvalue weighted by Gasteiger charge is 2.01. The summed E-state index contributed by atoms with van der Waals surface area (Å²) in [5.41, 5.74) is 6.19. The van der Waals surface area contributed by atoms with Gasteiger partial charge < -0.3 is 5.73 Å². The minimum absolute atomic E-state index is 0.307. The molecule has 5 heteroatoms. The Bertz CT molecular complexity index is 471. The number of hydrogen-bond donors (Lipinski definition) is 2. The minimum atomic E-state index is -0.307. The van der Waals surface area contributed by atoms with Crippen LogP contribution in [0, 0.1) is 0 Å². The number of anilines is 1. The molecule has 3 N–H and O–H groups in total. The molecule has 0 fully saturated rings. The Morgan fingerprint density at radius 3 is 3.00 bits per heavy atom. The normalized spacial score (nSPS) is 10.3. The second kappa shape index (κ2) is 2.30. The van der Waals surface area contributed by atoms with Crippen molar-refractivity contribution in [1.82, 2.24) is 15.4 Å². The maximum Gasteiger partial charge on any atom is 0.277 e. The summed E-state index contributed by atoms with van der Waals surface area (Å²) in [4.78, 5) is 11.2. The second-order valence-electron chi connectivity index (χ2n) is 2.38. The average Bonchev–Trinajstić information content (AvgIpc) is 2.04. The van der Waals surface area contributed by atoms with Crippen molar-refractivity contribution >= 4 is 16.6 Å². The number of fused-ring (bicyclic) bond motifs is 1. The maximum absolute atomic E-state index is 11.2. The predicted octanol–water partition coefficient (Wildman–Crippen LogP) is -0.0997. The number of rotatable bonds is 0. The third-order valence-corrected chi connectivity index (χ3v) is 1.61. The molecule has 60 valence electrons. The van der Waals surface area contributed by atoms with Gasteiger partial charge in [-0.3, -0.25) is 4.79 Å². The van der Waals surface area contributed by atoms with Crippen LogP contribution in [0.2, 0.25) is 0 Å². The van der Waals surface area contributed by atoms with Crippen molar-refractivity contribution in [2.45, 2.75) is 0 Å². The summed E-state index contributed by atoms with van der Waals surface area (Å²) in [6.07, 6.45) is 0. The Kier molecular flexibility index (Phi) is 1.30. The summed E-state index contributed by atoms with van der Waals surface area (Å²) in [6.45, 7) is 0. The van der Waals surface area contributed by atoms with E-state index >= 15 is 0 Å². The fraction of sp³-hybridized carbons (Fsp3) is 0. The highest BCUT2D eigenvalue weighted by molar-refractivity contribution is 5.88. The first kappa shape index (κ1) is 6.78. The van der Waals surface area contributed by atoms with Gasteiger partial charge in [-0.05, 0) is 12.1 Å². The highest BCUT2D eigenvalue weighted by atomic mass is 16.1. The Balaban J connectivity index is 3.07. The fourth-order valence-corrected chi connectivity index (χ4v) is 1.07. The molecule has 0 spiro atoms. The summed E-state index contributed by atoms with van der Waals surface area (Å²) in [5.74, 6) is 0. The topological polar surface area (TPSA) is 84.7 Å². The fourth-order valence-electron chi connectivity index (χ4n) is 1.07. The van der Waals surface area contributed by atoms with E-state index < -0.39 is 0 Å². The van der Waals surface area contributed by atoms with Crippen LogP contribution in [0.4, 0.5) is 5.69 Å². The van der Waals surface area contributed by atoms with E-state index in [0.717, 1.165) is 0 Å². The van der Waals surface area contributed by atoms with Gasteiger partial charge in [0.05, 0.1) is 5.39 Å². The van der Waals surface area contributed by atoms with Crippen molar-refractivity contribution in [1.29, 1.82) is 0 Å². The van der Waals surface area contributed by atoms with Crippen LogP contribution in [0.15, 0.2) is 23.0 Å². The van der Waals surface area contributed by atoms with E-state index in [4.69, 9.17) is 5.73 Å². The minimum Gasteiger partial charge on any atom is -0.398 e. The lowest BCUT2D eigenvalue weighted by atomic mass is 10.2. The summed E-state index contributed by atoms with van der Waals surface area (Å²) < 4.78 is 0. The molecule has 0 bridgehead atoms. The van der Waals surface area contributed by atoms with Crippen LogP contribution < -0.4 is 11.3 Å². The molecular formula is C7H6N4O. The Hall–Kier alpha value is -1.91. The largest absolute Gasteiger partial charge is 0.398 e. The van der Waals surface area contributed by atoms with E-state index in [1.807, 2.05) is 0 Å². The van der Waals surface area contributed by atoms with Gasteiger partial charge in [0.2, 0.25) is 0 Å². The molecule has 5 nitrogen and oxygen atoms in total. The van der Waals surface area contributed by atoms with Gasteiger partial charge in [0.15, 0.2) is 0 Å². The summed E-state index contributed by atoms with van der Waals surface area (Å²) in [5, 5.41) is 9.74. The Morgan fingerprint density at radius 1 is 1.42 bits per heavy atom. The molecule has 1 heterocycles. The zero-order valence-corrected chi connectivity index (χ0v) is 6.11. The zero-order valence-electron chi connectivity index (χ0n) is 6.11. The van der Waals surface area contributed by atoms with E-state index in [1.165, 1.54) is 0 Å². The third-order valence-electron chi connectivity index (χ3n) is 1.61. The van der Waals surface area contributed by atoms with Crippen molar-refractivity contribution in [3.05, 3.63) is 28.6 Å². The van der Waals surface area contributed by atoms with Gasteiger partial charge in [0, 0.05) is 5.69 Å². The number of aromatic amines is 1. The first-order valence-corrected chi connectivity index (χ1v) is 3.38. The molecule has 1 aromatic heterocycles. The standard InChI is InChI=1S/C7H6N4O/c8-4-2-1-3-5-6(4)7(12)10-11-9-5/h1-3H,8H2,(H,9,10,12). The van der Waals surface area contributed by atoms with Crippen molar-refractivity contribution in [3.63, 3.8) is 0 Å². The first-order valence-electron chi connectivity index (χ1n) is 3.38. The van der Waals surface area contributed by atoms with Crippen LogP contribution in [-0.2, 0) is 0 Å². The maximum atomic E-state index is 11.2. The van der Waals surface area contributed by atoms with E-state index in [2.05, 4.69) is 15.4 Å². The van der Waals surface area contributed by atoms with Crippen molar-refractivity contribution < 1.29 is 0 Å².